The fourth-order valence-corrected chi connectivity index (χ4v) is 9.27. The highest BCUT2D eigenvalue weighted by Gasteiger charge is 2.45. The van der Waals surface area contributed by atoms with Gasteiger partial charge >= 0.3 is 0 Å². The molecule has 16 heteroatoms. The molecule has 314 valence electrons. The Morgan fingerprint density at radius 1 is 0.934 bits per heavy atom. The van der Waals surface area contributed by atoms with E-state index in [0.29, 0.717) is 46.7 Å². The molecule has 3 N–H and O–H groups in total. The highest BCUT2D eigenvalue weighted by molar-refractivity contribution is 7.86. The van der Waals surface area contributed by atoms with Crippen LogP contribution < -0.4 is 15.4 Å². The Bertz CT molecular complexity index is 2890. The van der Waals surface area contributed by atoms with Crippen molar-refractivity contribution >= 4 is 56.2 Å². The number of carbonyl (C=O) groups excluding carboxylic acids is 4. The van der Waals surface area contributed by atoms with Gasteiger partial charge in [0.2, 0.25) is 11.7 Å². The minimum atomic E-state index is -4.47. The van der Waals surface area contributed by atoms with Crippen LogP contribution in [-0.2, 0) is 35.4 Å². The predicted octanol–water partition coefficient (Wildman–Crippen LogP) is 6.32. The summed E-state index contributed by atoms with van der Waals surface area (Å²) in [6, 6.07) is 19.6. The second-order valence-electron chi connectivity index (χ2n) is 15.9. The van der Waals surface area contributed by atoms with Crippen molar-refractivity contribution in [3.05, 3.63) is 131 Å². The lowest BCUT2D eigenvalue weighted by atomic mass is 9.98. The number of hydrogen-bond acceptors (Lipinski definition) is 8. The van der Waals surface area contributed by atoms with Crippen LogP contribution in [0, 0.1) is 13.8 Å². The fourth-order valence-electron chi connectivity index (χ4n) is 8.24. The van der Waals surface area contributed by atoms with Gasteiger partial charge in [0.05, 0.1) is 18.2 Å². The number of nitrogens with zero attached hydrogens (tertiary/aromatic N) is 5. The molecule has 0 spiro atoms. The number of ether oxygens (including phenoxy) is 1. The molecule has 3 aromatic heterocycles. The molecular weight excluding hydrogens is 799 g/mol. The van der Waals surface area contributed by atoms with Crippen molar-refractivity contribution in [1.82, 2.24) is 23.6 Å². The third-order valence-corrected chi connectivity index (χ3v) is 12.6. The normalized spacial score (nSPS) is 16.3. The van der Waals surface area contributed by atoms with Crippen molar-refractivity contribution in [1.29, 1.82) is 0 Å². The molecule has 0 bridgehead atoms. The van der Waals surface area contributed by atoms with Crippen molar-refractivity contribution in [2.75, 3.05) is 23.8 Å². The molecule has 1 saturated heterocycles. The largest absolute Gasteiger partial charge is 0.493 e. The molecule has 3 aromatic carbocycles. The van der Waals surface area contributed by atoms with Crippen molar-refractivity contribution in [3.8, 4) is 16.9 Å². The molecule has 5 heterocycles. The van der Waals surface area contributed by atoms with Gasteiger partial charge in [0, 0.05) is 67.9 Å². The number of aryl methyl sites for hydroxylation is 4. The zero-order chi connectivity index (χ0) is 43.3. The van der Waals surface area contributed by atoms with Gasteiger partial charge in [-0.1, -0.05) is 35.9 Å². The van der Waals surface area contributed by atoms with E-state index in [2.05, 4.69) is 22.2 Å². The molecule has 6 aromatic rings. The van der Waals surface area contributed by atoms with E-state index in [1.54, 1.807) is 59.8 Å². The van der Waals surface area contributed by atoms with Gasteiger partial charge in [0.1, 0.15) is 16.7 Å². The Morgan fingerprint density at radius 3 is 2.46 bits per heavy atom. The highest BCUT2D eigenvalue weighted by atomic mass is 32.2. The molecule has 1 unspecified atom stereocenters. The molecule has 61 heavy (non-hydrogen) atoms. The molecule has 2 atom stereocenters. The van der Waals surface area contributed by atoms with Crippen molar-refractivity contribution < 1.29 is 36.9 Å². The summed E-state index contributed by atoms with van der Waals surface area (Å²) in [7, 11) is -0.994. The Kier molecular flexibility index (Phi) is 10.8. The number of amides is 3. The topological polar surface area (TPSA) is 187 Å². The van der Waals surface area contributed by atoms with E-state index in [0.717, 1.165) is 33.2 Å². The number of rotatable bonds is 11. The van der Waals surface area contributed by atoms with Gasteiger partial charge in [0.25, 0.3) is 27.8 Å². The minimum absolute atomic E-state index is 0.0586. The van der Waals surface area contributed by atoms with E-state index >= 15 is 0 Å². The van der Waals surface area contributed by atoms with E-state index in [-0.39, 0.29) is 55.4 Å². The summed E-state index contributed by atoms with van der Waals surface area (Å²) in [5.41, 5.74) is 6.96. The van der Waals surface area contributed by atoms with Gasteiger partial charge in [-0.25, -0.2) is 4.98 Å². The summed E-state index contributed by atoms with van der Waals surface area (Å²) in [6.45, 7) is 8.11. The Morgan fingerprint density at radius 2 is 1.70 bits per heavy atom. The zero-order valence-corrected chi connectivity index (χ0v) is 35.0. The lowest BCUT2D eigenvalue weighted by Gasteiger charge is -2.26. The third-order valence-electron chi connectivity index (χ3n) is 11.3. The molecule has 8 rings (SSSR count). The number of fused-ring (bicyclic) bond motifs is 3. The second kappa shape index (κ2) is 16.0. The van der Waals surface area contributed by atoms with Gasteiger partial charge in [0.15, 0.2) is 5.82 Å². The van der Waals surface area contributed by atoms with Gasteiger partial charge in [-0.05, 0) is 98.3 Å². The highest BCUT2D eigenvalue weighted by Crippen LogP contribution is 2.37. The smallest absolute Gasteiger partial charge is 0.291 e. The standard InChI is InChI=1S/C45H45N7O8S/c1-26-8-13-35-30(17-26)14-15-51(35)45(56)37-20-32(24-49(37)4)29-9-11-33(12-10-29)46-43(54)42-48-40(25-50(42)5)47-41(53)7-6-16-60-38-21-31-22-39(61(57,58)59)36-18-27(2)23-52(36)44(55)34(31)19-28(38)3/h8-15,17,19-21,24-25,36,39H,2,6-7,16,18,22-23H2,1,3-5H3,(H,46,54)(H,47,53)(H,57,58,59)/t36-,39?/m0/s1. The minimum Gasteiger partial charge on any atom is -0.493 e. The predicted molar refractivity (Wildman–Crippen MR) is 231 cm³/mol. The van der Waals surface area contributed by atoms with Gasteiger partial charge in [-0.3, -0.25) is 28.3 Å². The van der Waals surface area contributed by atoms with E-state index < -0.39 is 27.3 Å². The maximum atomic E-state index is 13.5. The lowest BCUT2D eigenvalue weighted by Crippen LogP contribution is -2.44. The number of benzene rings is 3. The van der Waals surface area contributed by atoms with Crippen molar-refractivity contribution in [2.24, 2.45) is 14.1 Å². The van der Waals surface area contributed by atoms with Crippen LogP contribution in [0.2, 0.25) is 0 Å². The van der Waals surface area contributed by atoms with E-state index in [1.807, 2.05) is 62.6 Å². The first-order valence-electron chi connectivity index (χ1n) is 19.8. The number of nitrogens with one attached hydrogen (secondary N) is 2. The van der Waals surface area contributed by atoms with Crippen LogP contribution >= 0.6 is 0 Å². The SMILES string of the molecule is C=C1C[C@H]2C(S(=O)(=O)O)Cc3cc(OCCCC(=O)Nc4cn(C)c(C(=O)Nc5ccc(-c6cc(C(=O)n7ccc8cc(C)ccc87)n(C)c6)cc5)n4)c(C)cc3C(=O)N2C1. The quantitative estimate of drug-likeness (QED) is 0.0763. The average molecular weight is 844 g/mol. The molecule has 2 aliphatic heterocycles. The molecular formula is C45H45N7O8S. The monoisotopic (exact) mass is 843 g/mol. The molecule has 15 nitrogen and oxygen atoms in total. The molecule has 1 fully saturated rings. The summed E-state index contributed by atoms with van der Waals surface area (Å²) in [6.07, 6.45) is 5.87. The maximum absolute atomic E-state index is 13.5. The molecule has 0 aliphatic carbocycles. The first-order valence-corrected chi connectivity index (χ1v) is 21.3. The number of anilines is 2. The summed E-state index contributed by atoms with van der Waals surface area (Å²) >= 11 is 0. The molecule has 0 saturated carbocycles. The number of aromatic nitrogens is 4. The first-order chi connectivity index (χ1) is 29.0. The Balaban J connectivity index is 0.843. The Hall–Kier alpha value is -6.78. The summed E-state index contributed by atoms with van der Waals surface area (Å²) in [5, 5.41) is 5.37. The third kappa shape index (κ3) is 8.23. The van der Waals surface area contributed by atoms with E-state index in [4.69, 9.17) is 4.74 Å². The van der Waals surface area contributed by atoms with Crippen LogP contribution in [0.3, 0.4) is 0 Å². The molecule has 0 radical (unpaired) electrons. The van der Waals surface area contributed by atoms with Crippen LogP contribution in [0.15, 0.2) is 97.5 Å². The van der Waals surface area contributed by atoms with Crippen molar-refractivity contribution in [2.45, 2.75) is 50.8 Å². The average Bonchev–Trinajstić information content (AvgIpc) is 3.99. The molecule has 3 amide bonds. The summed E-state index contributed by atoms with van der Waals surface area (Å²) in [5.74, 6) is -0.534. The Labute approximate surface area is 352 Å². The summed E-state index contributed by atoms with van der Waals surface area (Å²) in [4.78, 5) is 58.9. The summed E-state index contributed by atoms with van der Waals surface area (Å²) < 4.78 is 45.8. The van der Waals surface area contributed by atoms with Gasteiger partial charge in [-0.2, -0.15) is 8.42 Å². The van der Waals surface area contributed by atoms with Crippen LogP contribution in [-0.4, -0.2) is 84.6 Å². The van der Waals surface area contributed by atoms with Gasteiger partial charge in [-0.15, -0.1) is 0 Å². The zero-order valence-electron chi connectivity index (χ0n) is 34.1. The fraction of sp³-hybridized carbons (Fsp3) is 0.267. The molecule has 2 aliphatic rings. The maximum Gasteiger partial charge on any atom is 0.291 e. The van der Waals surface area contributed by atoms with Crippen LogP contribution in [0.25, 0.3) is 22.0 Å². The van der Waals surface area contributed by atoms with Crippen LogP contribution in [0.4, 0.5) is 11.5 Å². The lowest BCUT2D eigenvalue weighted by molar-refractivity contribution is -0.116. The second-order valence-corrected chi connectivity index (χ2v) is 17.5. The van der Waals surface area contributed by atoms with Gasteiger partial charge < -0.3 is 29.4 Å². The number of imidazole rings is 1. The van der Waals surface area contributed by atoms with Crippen molar-refractivity contribution in [3.63, 3.8) is 0 Å². The first kappa shape index (κ1) is 41.0. The number of hydrogen-bond donors (Lipinski definition) is 3. The van der Waals surface area contributed by atoms with E-state index in [9.17, 15) is 32.1 Å². The van der Waals surface area contributed by atoms with Crippen LogP contribution in [0.1, 0.15) is 67.4 Å². The van der Waals surface area contributed by atoms with Crippen LogP contribution in [0.5, 0.6) is 5.75 Å². The number of carbonyl (C=O) groups is 4. The van der Waals surface area contributed by atoms with E-state index in [1.165, 1.54) is 9.47 Å².